The molecule has 0 amide bonds. The Kier molecular flexibility index (Phi) is 1.67. The SMILES string of the molecule is NCC1=[N+]2C=C(C3CC3)C=CC2C=N1. The van der Waals surface area contributed by atoms with E-state index in [1.165, 1.54) is 18.4 Å². The van der Waals surface area contributed by atoms with Crippen molar-refractivity contribution in [3.05, 3.63) is 23.9 Å². The molecule has 2 heterocycles. The zero-order chi connectivity index (χ0) is 9.54. The molecule has 2 aliphatic heterocycles. The maximum atomic E-state index is 5.63. The summed E-state index contributed by atoms with van der Waals surface area (Å²) < 4.78 is 2.19. The van der Waals surface area contributed by atoms with E-state index in [0.717, 1.165) is 11.8 Å². The lowest BCUT2D eigenvalue weighted by molar-refractivity contribution is -0.466. The molecule has 3 nitrogen and oxygen atoms in total. The van der Waals surface area contributed by atoms with Crippen LogP contribution in [0.1, 0.15) is 12.8 Å². The molecule has 0 aromatic heterocycles. The maximum Gasteiger partial charge on any atom is 0.312 e. The van der Waals surface area contributed by atoms with E-state index >= 15 is 0 Å². The van der Waals surface area contributed by atoms with E-state index in [0.29, 0.717) is 12.6 Å². The number of nitrogens with zero attached hydrogens (tertiary/aromatic N) is 2. The van der Waals surface area contributed by atoms with E-state index in [9.17, 15) is 0 Å². The zero-order valence-electron chi connectivity index (χ0n) is 8.06. The minimum atomic E-state index is 0.316. The lowest BCUT2D eigenvalue weighted by atomic mass is 10.1. The minimum absolute atomic E-state index is 0.316. The number of aliphatic imine (C=N–C) groups is 1. The summed E-state index contributed by atoms with van der Waals surface area (Å²) in [5.74, 6) is 1.78. The van der Waals surface area contributed by atoms with Gasteiger partial charge >= 0.3 is 5.84 Å². The van der Waals surface area contributed by atoms with Gasteiger partial charge in [0.2, 0.25) is 0 Å². The monoisotopic (exact) mass is 188 g/mol. The number of fused-ring (bicyclic) bond motifs is 1. The van der Waals surface area contributed by atoms with Crippen LogP contribution in [0.2, 0.25) is 0 Å². The van der Waals surface area contributed by atoms with Crippen LogP contribution in [-0.4, -0.2) is 29.2 Å². The van der Waals surface area contributed by atoms with Gasteiger partial charge in [0.05, 0.1) is 12.7 Å². The Balaban J connectivity index is 1.97. The highest BCUT2D eigenvalue weighted by Crippen LogP contribution is 2.38. The van der Waals surface area contributed by atoms with Gasteiger partial charge in [0.15, 0.2) is 12.3 Å². The van der Waals surface area contributed by atoms with Crippen LogP contribution in [0.25, 0.3) is 0 Å². The van der Waals surface area contributed by atoms with Crippen molar-refractivity contribution < 1.29 is 4.58 Å². The number of hydrogen-bond acceptors (Lipinski definition) is 2. The highest BCUT2D eigenvalue weighted by Gasteiger charge is 2.32. The Morgan fingerprint density at radius 1 is 1.50 bits per heavy atom. The Hall–Kier alpha value is -1.22. The summed E-state index contributed by atoms with van der Waals surface area (Å²) >= 11 is 0. The van der Waals surface area contributed by atoms with Gasteiger partial charge in [0.1, 0.15) is 0 Å². The van der Waals surface area contributed by atoms with Crippen molar-refractivity contribution in [2.75, 3.05) is 6.54 Å². The first-order valence-electron chi connectivity index (χ1n) is 5.17. The molecule has 2 N–H and O–H groups in total. The maximum absolute atomic E-state index is 5.63. The first-order chi connectivity index (χ1) is 6.88. The normalized spacial score (nSPS) is 29.5. The average molecular weight is 188 g/mol. The molecule has 1 unspecified atom stereocenters. The molecule has 3 aliphatic rings. The van der Waals surface area contributed by atoms with Gasteiger partial charge in [-0.25, -0.2) is 4.58 Å². The summed E-state index contributed by atoms with van der Waals surface area (Å²) in [6.45, 7) is 0.523. The predicted molar refractivity (Wildman–Crippen MR) is 56.5 cm³/mol. The minimum Gasteiger partial charge on any atom is -0.320 e. The van der Waals surface area contributed by atoms with Crippen LogP contribution in [0.3, 0.4) is 0 Å². The van der Waals surface area contributed by atoms with Crippen LogP contribution in [0, 0.1) is 5.92 Å². The van der Waals surface area contributed by atoms with Gasteiger partial charge in [0.25, 0.3) is 0 Å². The quantitative estimate of drug-likeness (QED) is 0.636. The van der Waals surface area contributed by atoms with Crippen LogP contribution in [-0.2, 0) is 0 Å². The molecular formula is C11H14N3+. The van der Waals surface area contributed by atoms with Crippen molar-refractivity contribution in [3.63, 3.8) is 0 Å². The highest BCUT2D eigenvalue weighted by atomic mass is 15.2. The number of nitrogens with two attached hydrogens (primary N) is 1. The fourth-order valence-electron chi connectivity index (χ4n) is 2.01. The van der Waals surface area contributed by atoms with E-state index in [2.05, 4.69) is 27.9 Å². The number of allylic oxidation sites excluding steroid dienone is 2. The summed E-state index contributed by atoms with van der Waals surface area (Å²) in [5, 5.41) is 0. The van der Waals surface area contributed by atoms with Crippen LogP contribution >= 0.6 is 0 Å². The summed E-state index contributed by atoms with van der Waals surface area (Å²) in [5.41, 5.74) is 7.07. The third kappa shape index (κ3) is 1.16. The van der Waals surface area contributed by atoms with Gasteiger partial charge < -0.3 is 5.73 Å². The second-order valence-corrected chi connectivity index (χ2v) is 4.06. The van der Waals surface area contributed by atoms with Gasteiger partial charge in [-0.2, -0.15) is 0 Å². The van der Waals surface area contributed by atoms with E-state index in [4.69, 9.17) is 5.73 Å². The Morgan fingerprint density at radius 2 is 2.36 bits per heavy atom. The second kappa shape index (κ2) is 2.89. The predicted octanol–water partition coefficient (Wildman–Crippen LogP) is 0.673. The van der Waals surface area contributed by atoms with Crippen LogP contribution < -0.4 is 5.73 Å². The van der Waals surface area contributed by atoms with Crippen LogP contribution in [0.5, 0.6) is 0 Å². The molecular weight excluding hydrogens is 174 g/mol. The number of amidine groups is 1. The molecule has 72 valence electrons. The molecule has 0 aromatic rings. The molecule has 0 radical (unpaired) electrons. The fourth-order valence-corrected chi connectivity index (χ4v) is 2.01. The summed E-state index contributed by atoms with van der Waals surface area (Å²) in [6.07, 6.45) is 11.3. The topological polar surface area (TPSA) is 41.4 Å². The van der Waals surface area contributed by atoms with Crippen molar-refractivity contribution in [1.29, 1.82) is 0 Å². The van der Waals surface area contributed by atoms with Crippen molar-refractivity contribution >= 4 is 12.1 Å². The summed E-state index contributed by atoms with van der Waals surface area (Å²) in [6, 6.07) is 0.316. The van der Waals surface area contributed by atoms with Crippen molar-refractivity contribution in [1.82, 2.24) is 0 Å². The van der Waals surface area contributed by atoms with Gasteiger partial charge in [-0.1, -0.05) is 11.1 Å². The van der Waals surface area contributed by atoms with Crippen molar-refractivity contribution in [2.24, 2.45) is 16.6 Å². The first-order valence-corrected chi connectivity index (χ1v) is 5.17. The summed E-state index contributed by atoms with van der Waals surface area (Å²) in [4.78, 5) is 4.31. The van der Waals surface area contributed by atoms with E-state index in [1.54, 1.807) is 0 Å². The van der Waals surface area contributed by atoms with Gasteiger partial charge in [-0.3, -0.25) is 0 Å². The third-order valence-electron chi connectivity index (χ3n) is 3.00. The first kappa shape index (κ1) is 8.12. The largest absolute Gasteiger partial charge is 0.320 e. The molecule has 1 fully saturated rings. The molecule has 3 rings (SSSR count). The molecule has 1 aliphatic carbocycles. The van der Waals surface area contributed by atoms with Crippen molar-refractivity contribution in [2.45, 2.75) is 18.9 Å². The van der Waals surface area contributed by atoms with Gasteiger partial charge in [-0.15, -0.1) is 0 Å². The van der Waals surface area contributed by atoms with E-state index in [1.807, 2.05) is 6.21 Å². The number of hydrogen-bond donors (Lipinski definition) is 1. The number of rotatable bonds is 2. The summed E-state index contributed by atoms with van der Waals surface area (Å²) in [7, 11) is 0. The Morgan fingerprint density at radius 3 is 3.07 bits per heavy atom. The fraction of sp³-hybridized carbons (Fsp3) is 0.455. The lowest BCUT2D eigenvalue weighted by Gasteiger charge is -2.10. The Bertz CT molecular complexity index is 383. The van der Waals surface area contributed by atoms with E-state index < -0.39 is 0 Å². The molecule has 0 saturated heterocycles. The standard InChI is InChI=1S/C11H14N3/c12-5-11-13-6-10-4-3-9(7-14(10)11)8-1-2-8/h3-4,6-8,10H,1-2,5,12H2/q+1. The molecule has 1 saturated carbocycles. The highest BCUT2D eigenvalue weighted by molar-refractivity contribution is 5.92. The molecule has 0 aromatic carbocycles. The molecule has 14 heavy (non-hydrogen) atoms. The van der Waals surface area contributed by atoms with Crippen LogP contribution in [0.15, 0.2) is 28.9 Å². The smallest absolute Gasteiger partial charge is 0.312 e. The molecule has 0 bridgehead atoms. The molecule has 1 atom stereocenters. The lowest BCUT2D eigenvalue weighted by Crippen LogP contribution is -2.27. The van der Waals surface area contributed by atoms with Gasteiger partial charge in [0, 0.05) is 0 Å². The van der Waals surface area contributed by atoms with Crippen LogP contribution in [0.4, 0.5) is 0 Å². The zero-order valence-corrected chi connectivity index (χ0v) is 8.06. The second-order valence-electron chi connectivity index (χ2n) is 4.06. The van der Waals surface area contributed by atoms with Crippen molar-refractivity contribution in [3.8, 4) is 0 Å². The molecule has 0 spiro atoms. The average Bonchev–Trinajstić information content (AvgIpc) is 2.98. The Labute approximate surface area is 83.3 Å². The molecule has 3 heteroatoms. The van der Waals surface area contributed by atoms with E-state index in [-0.39, 0.29) is 0 Å². The third-order valence-corrected chi connectivity index (χ3v) is 3.00. The van der Waals surface area contributed by atoms with Gasteiger partial charge in [-0.05, 0) is 30.4 Å².